The lowest BCUT2D eigenvalue weighted by Gasteiger charge is -2.22. The average molecular weight is 457 g/mol. The molecule has 0 unspecified atom stereocenters. The fourth-order valence-electron chi connectivity index (χ4n) is 3.67. The van der Waals surface area contributed by atoms with Gasteiger partial charge in [-0.3, -0.25) is 4.79 Å². The molecule has 2 aromatic carbocycles. The minimum absolute atomic E-state index is 0.168. The van der Waals surface area contributed by atoms with Crippen molar-refractivity contribution in [1.82, 2.24) is 15.6 Å². The van der Waals surface area contributed by atoms with Crippen molar-refractivity contribution >= 4 is 5.91 Å². The van der Waals surface area contributed by atoms with Gasteiger partial charge in [0.1, 0.15) is 6.04 Å². The van der Waals surface area contributed by atoms with Crippen LogP contribution in [-0.2, 0) is 11.0 Å². The molecule has 0 aliphatic heterocycles. The van der Waals surface area contributed by atoms with Gasteiger partial charge in [-0.2, -0.15) is 13.2 Å². The van der Waals surface area contributed by atoms with E-state index < -0.39 is 17.8 Å². The van der Waals surface area contributed by atoms with Crippen LogP contribution < -0.4 is 15.4 Å². The SMILES string of the molecule is CNC(=O)[C@H](NCC[C@H](c1ccc(C(F)(F)F)cc1)c1ccc(OC)nc1)c1ccccc1. The number of amides is 1. The first-order chi connectivity index (χ1) is 15.8. The van der Waals surface area contributed by atoms with Crippen molar-refractivity contribution < 1.29 is 22.7 Å². The highest BCUT2D eigenvalue weighted by atomic mass is 19.4. The number of aromatic nitrogens is 1. The molecule has 3 aromatic rings. The molecule has 2 N–H and O–H groups in total. The largest absolute Gasteiger partial charge is 0.481 e. The highest BCUT2D eigenvalue weighted by Gasteiger charge is 2.30. The summed E-state index contributed by atoms with van der Waals surface area (Å²) in [5.41, 5.74) is 1.70. The van der Waals surface area contributed by atoms with E-state index in [2.05, 4.69) is 15.6 Å². The summed E-state index contributed by atoms with van der Waals surface area (Å²) in [6.07, 6.45) is -2.19. The Morgan fingerprint density at radius 3 is 2.18 bits per heavy atom. The second-order valence-corrected chi connectivity index (χ2v) is 7.51. The molecule has 2 atom stereocenters. The Morgan fingerprint density at radius 1 is 0.970 bits per heavy atom. The van der Waals surface area contributed by atoms with Crippen molar-refractivity contribution in [3.63, 3.8) is 0 Å². The standard InChI is InChI=1S/C25H26F3N3O2/c1-29-24(32)23(18-6-4-3-5-7-18)30-15-14-21(19-10-13-22(33-2)31-16-19)17-8-11-20(12-9-17)25(26,27)28/h3-13,16,21,23,30H,14-15H2,1-2H3,(H,29,32)/t21-,23-/m1/s1. The highest BCUT2D eigenvalue weighted by molar-refractivity contribution is 5.82. The van der Waals surface area contributed by atoms with Crippen LogP contribution in [0.25, 0.3) is 0 Å². The number of rotatable bonds is 9. The number of alkyl halides is 3. The van der Waals surface area contributed by atoms with E-state index in [9.17, 15) is 18.0 Å². The Hall–Kier alpha value is -3.39. The van der Waals surface area contributed by atoms with Crippen LogP contribution in [-0.4, -0.2) is 31.6 Å². The quantitative estimate of drug-likeness (QED) is 0.489. The van der Waals surface area contributed by atoms with Gasteiger partial charge in [0, 0.05) is 25.2 Å². The van der Waals surface area contributed by atoms with Gasteiger partial charge in [0.15, 0.2) is 0 Å². The fourth-order valence-corrected chi connectivity index (χ4v) is 3.67. The molecule has 1 heterocycles. The molecule has 0 spiro atoms. The summed E-state index contributed by atoms with van der Waals surface area (Å²) in [6, 6.07) is 17.5. The molecular weight excluding hydrogens is 431 g/mol. The number of methoxy groups -OCH3 is 1. The summed E-state index contributed by atoms with van der Waals surface area (Å²) in [6.45, 7) is 0.449. The number of ether oxygens (including phenoxy) is 1. The normalized spacial score (nSPS) is 13.2. The Balaban J connectivity index is 1.82. The molecule has 0 aliphatic rings. The minimum Gasteiger partial charge on any atom is -0.481 e. The van der Waals surface area contributed by atoms with Gasteiger partial charge in [-0.25, -0.2) is 4.98 Å². The maximum absolute atomic E-state index is 13.0. The number of hydrogen-bond acceptors (Lipinski definition) is 4. The molecular formula is C25H26F3N3O2. The molecule has 3 rings (SSSR count). The third kappa shape index (κ3) is 6.32. The van der Waals surface area contributed by atoms with Gasteiger partial charge >= 0.3 is 6.18 Å². The summed E-state index contributed by atoms with van der Waals surface area (Å²) >= 11 is 0. The molecule has 5 nitrogen and oxygen atoms in total. The monoisotopic (exact) mass is 457 g/mol. The molecule has 0 aliphatic carbocycles. The first-order valence-electron chi connectivity index (χ1n) is 10.5. The smallest absolute Gasteiger partial charge is 0.416 e. The number of hydrogen-bond donors (Lipinski definition) is 2. The van der Waals surface area contributed by atoms with Crippen molar-refractivity contribution in [1.29, 1.82) is 0 Å². The predicted molar refractivity (Wildman–Crippen MR) is 120 cm³/mol. The number of nitrogens with one attached hydrogen (secondary N) is 2. The summed E-state index contributed by atoms with van der Waals surface area (Å²) in [4.78, 5) is 16.7. The second kappa shape index (κ2) is 11.0. The van der Waals surface area contributed by atoms with Crippen LogP contribution in [0.2, 0.25) is 0 Å². The number of halogens is 3. The zero-order chi connectivity index (χ0) is 23.8. The molecule has 0 saturated carbocycles. The van der Waals surface area contributed by atoms with Crippen LogP contribution >= 0.6 is 0 Å². The van der Waals surface area contributed by atoms with E-state index in [1.165, 1.54) is 19.2 Å². The molecule has 1 aromatic heterocycles. The lowest BCUT2D eigenvalue weighted by molar-refractivity contribution is -0.137. The van der Waals surface area contributed by atoms with E-state index in [4.69, 9.17) is 4.74 Å². The van der Waals surface area contributed by atoms with Gasteiger partial charge in [0.2, 0.25) is 11.8 Å². The first-order valence-corrected chi connectivity index (χ1v) is 10.5. The van der Waals surface area contributed by atoms with Crippen molar-refractivity contribution in [2.24, 2.45) is 0 Å². The van der Waals surface area contributed by atoms with E-state index in [-0.39, 0.29) is 11.8 Å². The average Bonchev–Trinajstić information content (AvgIpc) is 2.84. The van der Waals surface area contributed by atoms with E-state index in [0.29, 0.717) is 18.8 Å². The van der Waals surface area contributed by atoms with Crippen LogP contribution in [0.15, 0.2) is 72.9 Å². The first kappa shape index (κ1) is 24.3. The number of likely N-dealkylation sites (N-methyl/N-ethyl adjacent to an activating group) is 1. The lowest BCUT2D eigenvalue weighted by Crippen LogP contribution is -2.36. The summed E-state index contributed by atoms with van der Waals surface area (Å²) < 4.78 is 44.2. The molecule has 0 bridgehead atoms. The maximum atomic E-state index is 13.0. The van der Waals surface area contributed by atoms with E-state index >= 15 is 0 Å². The summed E-state index contributed by atoms with van der Waals surface area (Å²) in [7, 11) is 3.09. The Bertz CT molecular complexity index is 1020. The van der Waals surface area contributed by atoms with Crippen molar-refractivity contribution in [2.45, 2.75) is 24.6 Å². The summed E-state index contributed by atoms with van der Waals surface area (Å²) in [5, 5.41) is 5.94. The van der Waals surface area contributed by atoms with Crippen LogP contribution in [0.5, 0.6) is 5.88 Å². The summed E-state index contributed by atoms with van der Waals surface area (Å²) in [5.74, 6) is 0.0597. The zero-order valence-corrected chi connectivity index (χ0v) is 18.4. The van der Waals surface area contributed by atoms with E-state index in [1.54, 1.807) is 19.3 Å². The van der Waals surface area contributed by atoms with Crippen molar-refractivity contribution in [3.05, 3.63) is 95.2 Å². The van der Waals surface area contributed by atoms with Crippen LogP contribution in [0, 0.1) is 0 Å². The lowest BCUT2D eigenvalue weighted by atomic mass is 9.88. The highest BCUT2D eigenvalue weighted by Crippen LogP contribution is 2.33. The Kier molecular flexibility index (Phi) is 8.06. The third-order valence-corrected chi connectivity index (χ3v) is 5.43. The molecule has 8 heteroatoms. The molecule has 1 amide bonds. The van der Waals surface area contributed by atoms with E-state index in [1.807, 2.05) is 36.4 Å². The molecule has 0 saturated heterocycles. The maximum Gasteiger partial charge on any atom is 0.416 e. The molecule has 0 radical (unpaired) electrons. The topological polar surface area (TPSA) is 63.2 Å². The predicted octanol–water partition coefficient (Wildman–Crippen LogP) is 4.71. The zero-order valence-electron chi connectivity index (χ0n) is 18.4. The van der Waals surface area contributed by atoms with E-state index in [0.717, 1.165) is 28.8 Å². The Labute approximate surface area is 191 Å². The van der Waals surface area contributed by atoms with Crippen molar-refractivity contribution in [2.75, 3.05) is 20.7 Å². The number of carbonyl (C=O) groups excluding carboxylic acids is 1. The number of carbonyl (C=O) groups is 1. The van der Waals surface area contributed by atoms with Gasteiger partial charge in [-0.1, -0.05) is 48.5 Å². The van der Waals surface area contributed by atoms with Crippen LogP contribution in [0.1, 0.15) is 40.6 Å². The van der Waals surface area contributed by atoms with Crippen LogP contribution in [0.4, 0.5) is 13.2 Å². The fraction of sp³-hybridized carbons (Fsp3) is 0.280. The molecule has 174 valence electrons. The number of nitrogens with zero attached hydrogens (tertiary/aromatic N) is 1. The number of benzene rings is 2. The van der Waals surface area contributed by atoms with Gasteiger partial charge in [-0.15, -0.1) is 0 Å². The number of pyridine rings is 1. The molecule has 33 heavy (non-hydrogen) atoms. The minimum atomic E-state index is -4.40. The van der Waals surface area contributed by atoms with Gasteiger partial charge in [-0.05, 0) is 41.8 Å². The van der Waals surface area contributed by atoms with Crippen molar-refractivity contribution in [3.8, 4) is 5.88 Å². The molecule has 0 fully saturated rings. The third-order valence-electron chi connectivity index (χ3n) is 5.43. The second-order valence-electron chi connectivity index (χ2n) is 7.51. The van der Waals surface area contributed by atoms with Gasteiger partial charge < -0.3 is 15.4 Å². The van der Waals surface area contributed by atoms with Crippen LogP contribution in [0.3, 0.4) is 0 Å². The van der Waals surface area contributed by atoms with Gasteiger partial charge in [0.25, 0.3) is 0 Å². The van der Waals surface area contributed by atoms with Gasteiger partial charge in [0.05, 0.1) is 12.7 Å². The Morgan fingerprint density at radius 2 is 1.64 bits per heavy atom.